The molecule has 0 unspecified atom stereocenters. The summed E-state index contributed by atoms with van der Waals surface area (Å²) in [5.74, 6) is 0. The second-order valence-corrected chi connectivity index (χ2v) is 7.16. The molecule has 1 fully saturated rings. The third kappa shape index (κ3) is 3.53. The molecule has 0 amide bonds. The van der Waals surface area contributed by atoms with Crippen molar-refractivity contribution in [1.29, 1.82) is 0 Å². The smallest absolute Gasteiger partial charge is 0.157 e. The van der Waals surface area contributed by atoms with E-state index in [0.29, 0.717) is 0 Å². The van der Waals surface area contributed by atoms with Crippen LogP contribution in [0.4, 0.5) is 0 Å². The minimum atomic E-state index is -0.00988. The molecule has 2 nitrogen and oxygen atoms in total. The Morgan fingerprint density at radius 2 is 2.07 bits per heavy atom. The number of ether oxygens (including phenoxy) is 2. The van der Waals surface area contributed by atoms with Crippen molar-refractivity contribution in [2.24, 2.45) is 0 Å². The number of thiophene rings is 1. The quantitative estimate of drug-likeness (QED) is 0.816. The first-order chi connectivity index (χ1) is 7.25. The van der Waals surface area contributed by atoms with E-state index < -0.39 is 0 Å². The first-order valence-electron chi connectivity index (χ1n) is 4.92. The molecule has 0 N–H and O–H groups in total. The molecule has 0 radical (unpaired) electrons. The SMILES string of the molecule is Brc1cc(CCC2OCCCO2)c(Br)s1. The molecule has 15 heavy (non-hydrogen) atoms. The predicted octanol–water partition coefficient (Wildman–Crippen LogP) is 3.97. The standard InChI is InChI=1S/C10H12Br2O2S/c11-8-6-7(10(12)15-8)2-3-9-13-4-1-5-14-9/h6,9H,1-5H2. The highest BCUT2D eigenvalue weighted by molar-refractivity contribution is 9.12. The van der Waals surface area contributed by atoms with Crippen molar-refractivity contribution in [2.75, 3.05) is 13.2 Å². The van der Waals surface area contributed by atoms with Crippen LogP contribution in [0.1, 0.15) is 18.4 Å². The molecule has 0 saturated carbocycles. The molecule has 0 aromatic carbocycles. The topological polar surface area (TPSA) is 18.5 Å². The van der Waals surface area contributed by atoms with Crippen LogP contribution in [0.5, 0.6) is 0 Å². The highest BCUT2D eigenvalue weighted by atomic mass is 79.9. The number of halogens is 2. The third-order valence-corrected chi connectivity index (χ3v) is 4.74. The van der Waals surface area contributed by atoms with Gasteiger partial charge in [-0.3, -0.25) is 0 Å². The van der Waals surface area contributed by atoms with Crippen LogP contribution in [0.3, 0.4) is 0 Å². The van der Waals surface area contributed by atoms with Gasteiger partial charge in [-0.1, -0.05) is 0 Å². The van der Waals surface area contributed by atoms with Gasteiger partial charge in [-0.25, -0.2) is 0 Å². The second kappa shape index (κ2) is 5.77. The van der Waals surface area contributed by atoms with Gasteiger partial charge < -0.3 is 9.47 Å². The van der Waals surface area contributed by atoms with Crippen molar-refractivity contribution < 1.29 is 9.47 Å². The maximum Gasteiger partial charge on any atom is 0.157 e. The van der Waals surface area contributed by atoms with Gasteiger partial charge in [0.15, 0.2) is 6.29 Å². The summed E-state index contributed by atoms with van der Waals surface area (Å²) in [6.45, 7) is 1.67. The summed E-state index contributed by atoms with van der Waals surface area (Å²) in [6, 6.07) is 2.15. The fourth-order valence-electron chi connectivity index (χ4n) is 1.52. The number of hydrogen-bond acceptors (Lipinski definition) is 3. The highest BCUT2D eigenvalue weighted by Gasteiger charge is 2.15. The van der Waals surface area contributed by atoms with Gasteiger partial charge in [0.2, 0.25) is 0 Å². The van der Waals surface area contributed by atoms with Gasteiger partial charge >= 0.3 is 0 Å². The molecule has 1 aliphatic heterocycles. The van der Waals surface area contributed by atoms with E-state index in [-0.39, 0.29) is 6.29 Å². The van der Waals surface area contributed by atoms with E-state index in [4.69, 9.17) is 9.47 Å². The molecule has 0 atom stereocenters. The molecule has 84 valence electrons. The molecule has 5 heteroatoms. The van der Waals surface area contributed by atoms with E-state index in [1.807, 2.05) is 0 Å². The summed E-state index contributed by atoms with van der Waals surface area (Å²) < 4.78 is 13.4. The summed E-state index contributed by atoms with van der Waals surface area (Å²) in [5, 5.41) is 0. The summed E-state index contributed by atoms with van der Waals surface area (Å²) >= 11 is 8.73. The summed E-state index contributed by atoms with van der Waals surface area (Å²) in [5.41, 5.74) is 1.32. The van der Waals surface area contributed by atoms with Gasteiger partial charge in [-0.15, -0.1) is 11.3 Å². The minimum absolute atomic E-state index is 0.00988. The van der Waals surface area contributed by atoms with E-state index in [9.17, 15) is 0 Å². The van der Waals surface area contributed by atoms with Gasteiger partial charge in [0.1, 0.15) is 0 Å². The predicted molar refractivity (Wildman–Crippen MR) is 68.3 cm³/mol. The molecular weight excluding hydrogens is 344 g/mol. The van der Waals surface area contributed by atoms with Gasteiger partial charge in [0, 0.05) is 6.42 Å². The number of aryl methyl sites for hydroxylation is 1. The van der Waals surface area contributed by atoms with Gasteiger partial charge in [0.05, 0.1) is 20.8 Å². The maximum atomic E-state index is 5.50. The van der Waals surface area contributed by atoms with Crippen LogP contribution in [0.2, 0.25) is 0 Å². The molecular formula is C10H12Br2O2S. The third-order valence-electron chi connectivity index (χ3n) is 2.27. The highest BCUT2D eigenvalue weighted by Crippen LogP contribution is 2.33. The molecule has 0 bridgehead atoms. The van der Waals surface area contributed by atoms with Crippen molar-refractivity contribution >= 4 is 43.2 Å². The van der Waals surface area contributed by atoms with Crippen molar-refractivity contribution in [2.45, 2.75) is 25.6 Å². The average molecular weight is 356 g/mol. The van der Waals surface area contributed by atoms with E-state index >= 15 is 0 Å². The van der Waals surface area contributed by atoms with Crippen molar-refractivity contribution in [1.82, 2.24) is 0 Å². The zero-order valence-corrected chi connectivity index (χ0v) is 12.2. The number of rotatable bonds is 3. The van der Waals surface area contributed by atoms with Crippen LogP contribution >= 0.6 is 43.2 Å². The summed E-state index contributed by atoms with van der Waals surface area (Å²) in [4.78, 5) is 0. The van der Waals surface area contributed by atoms with E-state index in [1.54, 1.807) is 11.3 Å². The number of hydrogen-bond donors (Lipinski definition) is 0. The summed E-state index contributed by atoms with van der Waals surface area (Å²) in [6.07, 6.45) is 2.93. The Labute approximate surface area is 110 Å². The average Bonchev–Trinajstić information content (AvgIpc) is 2.56. The first kappa shape index (κ1) is 12.0. The van der Waals surface area contributed by atoms with Crippen molar-refractivity contribution in [3.05, 3.63) is 19.2 Å². The van der Waals surface area contributed by atoms with Crippen molar-refractivity contribution in [3.8, 4) is 0 Å². The molecule has 1 saturated heterocycles. The van der Waals surface area contributed by atoms with E-state index in [1.165, 1.54) is 9.35 Å². The molecule has 1 aromatic heterocycles. The summed E-state index contributed by atoms with van der Waals surface area (Å²) in [7, 11) is 0. The molecule has 2 rings (SSSR count). The minimum Gasteiger partial charge on any atom is -0.353 e. The monoisotopic (exact) mass is 354 g/mol. The zero-order chi connectivity index (χ0) is 10.7. The lowest BCUT2D eigenvalue weighted by Crippen LogP contribution is -2.25. The van der Waals surface area contributed by atoms with Crippen LogP contribution in [0.15, 0.2) is 13.6 Å². The lowest BCUT2D eigenvalue weighted by atomic mass is 10.2. The van der Waals surface area contributed by atoms with Crippen LogP contribution in [-0.4, -0.2) is 19.5 Å². The van der Waals surface area contributed by atoms with Crippen LogP contribution in [0.25, 0.3) is 0 Å². The molecule has 1 aliphatic rings. The first-order valence-corrected chi connectivity index (χ1v) is 7.33. The Balaban J connectivity index is 1.84. The Morgan fingerprint density at radius 1 is 1.33 bits per heavy atom. The van der Waals surface area contributed by atoms with Crippen molar-refractivity contribution in [3.63, 3.8) is 0 Å². The Kier molecular flexibility index (Phi) is 4.64. The molecule has 1 aromatic rings. The second-order valence-electron chi connectivity index (χ2n) is 3.41. The Morgan fingerprint density at radius 3 is 2.67 bits per heavy atom. The van der Waals surface area contributed by atoms with Crippen LogP contribution in [0, 0.1) is 0 Å². The fraction of sp³-hybridized carbons (Fsp3) is 0.600. The Hall–Kier alpha value is 0.580. The lowest BCUT2D eigenvalue weighted by molar-refractivity contribution is -0.180. The van der Waals surface area contributed by atoms with Crippen LogP contribution < -0.4 is 0 Å². The van der Waals surface area contributed by atoms with E-state index in [0.717, 1.165) is 36.3 Å². The lowest BCUT2D eigenvalue weighted by Gasteiger charge is -2.22. The van der Waals surface area contributed by atoms with Gasteiger partial charge in [-0.2, -0.15) is 0 Å². The van der Waals surface area contributed by atoms with Gasteiger partial charge in [0.25, 0.3) is 0 Å². The largest absolute Gasteiger partial charge is 0.353 e. The van der Waals surface area contributed by atoms with Crippen LogP contribution in [-0.2, 0) is 15.9 Å². The molecule has 0 spiro atoms. The molecule has 0 aliphatic carbocycles. The fourth-order valence-corrected chi connectivity index (χ4v) is 4.44. The normalized spacial score (nSPS) is 18.3. The maximum absolute atomic E-state index is 5.50. The van der Waals surface area contributed by atoms with Gasteiger partial charge in [-0.05, 0) is 56.3 Å². The zero-order valence-electron chi connectivity index (χ0n) is 8.17. The van der Waals surface area contributed by atoms with E-state index in [2.05, 4.69) is 37.9 Å². The molecule has 2 heterocycles. The Bertz CT molecular complexity index is 321.